The van der Waals surface area contributed by atoms with Crippen molar-refractivity contribution in [2.45, 2.75) is 33.1 Å². The lowest BCUT2D eigenvalue weighted by Gasteiger charge is -2.12. The molecule has 1 heterocycles. The highest BCUT2D eigenvalue weighted by Crippen LogP contribution is 2.30. The second kappa shape index (κ2) is 5.34. The summed E-state index contributed by atoms with van der Waals surface area (Å²) >= 11 is 0. The maximum atomic E-state index is 4.40. The van der Waals surface area contributed by atoms with Gasteiger partial charge in [0, 0.05) is 25.4 Å². The van der Waals surface area contributed by atoms with Gasteiger partial charge in [0.05, 0.1) is 0 Å². The first-order valence-electron chi connectivity index (χ1n) is 6.44. The molecule has 2 N–H and O–H groups in total. The molecule has 2 rings (SSSR count). The van der Waals surface area contributed by atoms with E-state index in [4.69, 9.17) is 0 Å². The number of aryl methyl sites for hydroxylation is 1. The minimum Gasteiger partial charge on any atom is -0.370 e. The molecular weight excluding hydrogens is 212 g/mol. The monoisotopic (exact) mass is 234 g/mol. The van der Waals surface area contributed by atoms with Crippen molar-refractivity contribution in [2.24, 2.45) is 11.8 Å². The van der Waals surface area contributed by atoms with Crippen molar-refractivity contribution in [1.29, 1.82) is 0 Å². The minimum absolute atomic E-state index is 0.687. The Hall–Kier alpha value is -1.32. The summed E-state index contributed by atoms with van der Waals surface area (Å²) in [5, 5.41) is 6.41. The van der Waals surface area contributed by atoms with Crippen LogP contribution in [0.25, 0.3) is 0 Å². The van der Waals surface area contributed by atoms with E-state index < -0.39 is 0 Å². The molecule has 1 aliphatic rings. The fourth-order valence-electron chi connectivity index (χ4n) is 2.53. The van der Waals surface area contributed by atoms with Gasteiger partial charge in [-0.1, -0.05) is 13.3 Å². The molecule has 94 valence electrons. The maximum Gasteiger partial charge on any atom is 0.224 e. The second-order valence-corrected chi connectivity index (χ2v) is 5.13. The summed E-state index contributed by atoms with van der Waals surface area (Å²) < 4.78 is 0. The van der Waals surface area contributed by atoms with E-state index in [1.54, 1.807) is 0 Å². The lowest BCUT2D eigenvalue weighted by molar-refractivity contribution is 0.536. The average Bonchev–Trinajstić information content (AvgIpc) is 2.72. The van der Waals surface area contributed by atoms with Gasteiger partial charge in [0.25, 0.3) is 0 Å². The Morgan fingerprint density at radius 3 is 2.82 bits per heavy atom. The third-order valence-electron chi connectivity index (χ3n) is 3.45. The number of nitrogens with zero attached hydrogens (tertiary/aromatic N) is 2. The lowest BCUT2D eigenvalue weighted by atomic mass is 10.1. The zero-order valence-corrected chi connectivity index (χ0v) is 11.0. The molecule has 4 nitrogen and oxygen atoms in total. The summed E-state index contributed by atoms with van der Waals surface area (Å²) in [4.78, 5) is 8.68. The van der Waals surface area contributed by atoms with E-state index in [0.717, 1.165) is 29.9 Å². The fraction of sp³-hybridized carbons (Fsp3) is 0.692. The van der Waals surface area contributed by atoms with Gasteiger partial charge in [0.1, 0.15) is 5.82 Å². The SMILES string of the molecule is CNc1nc(C)cc(NCC2CCC(C)C2)n1. The van der Waals surface area contributed by atoms with Gasteiger partial charge in [-0.15, -0.1) is 0 Å². The van der Waals surface area contributed by atoms with Gasteiger partial charge in [0.2, 0.25) is 5.95 Å². The summed E-state index contributed by atoms with van der Waals surface area (Å²) in [6.45, 7) is 5.36. The number of rotatable bonds is 4. The first-order chi connectivity index (χ1) is 8.17. The van der Waals surface area contributed by atoms with E-state index in [9.17, 15) is 0 Å². The van der Waals surface area contributed by atoms with Crippen LogP contribution in [0.1, 0.15) is 31.9 Å². The van der Waals surface area contributed by atoms with E-state index >= 15 is 0 Å². The van der Waals surface area contributed by atoms with Crippen LogP contribution in [-0.2, 0) is 0 Å². The Morgan fingerprint density at radius 2 is 2.18 bits per heavy atom. The van der Waals surface area contributed by atoms with Crippen molar-refractivity contribution >= 4 is 11.8 Å². The predicted molar refractivity (Wildman–Crippen MR) is 71.3 cm³/mol. The van der Waals surface area contributed by atoms with Crippen molar-refractivity contribution in [3.8, 4) is 0 Å². The van der Waals surface area contributed by atoms with Crippen molar-refractivity contribution < 1.29 is 0 Å². The van der Waals surface area contributed by atoms with E-state index in [-0.39, 0.29) is 0 Å². The Labute approximate surface area is 103 Å². The second-order valence-electron chi connectivity index (χ2n) is 5.13. The molecule has 1 aromatic heterocycles. The summed E-state index contributed by atoms with van der Waals surface area (Å²) in [6, 6.07) is 2.00. The Bertz CT molecular complexity index is 378. The van der Waals surface area contributed by atoms with Gasteiger partial charge in [-0.2, -0.15) is 4.98 Å². The third-order valence-corrected chi connectivity index (χ3v) is 3.45. The first kappa shape index (κ1) is 12.1. The number of nitrogens with one attached hydrogen (secondary N) is 2. The highest BCUT2D eigenvalue weighted by atomic mass is 15.1. The molecule has 0 spiro atoms. The quantitative estimate of drug-likeness (QED) is 0.841. The first-order valence-corrected chi connectivity index (χ1v) is 6.44. The highest BCUT2D eigenvalue weighted by molar-refractivity contribution is 5.41. The number of hydrogen-bond donors (Lipinski definition) is 2. The third kappa shape index (κ3) is 3.32. The van der Waals surface area contributed by atoms with Gasteiger partial charge in [-0.05, 0) is 31.6 Å². The zero-order valence-electron chi connectivity index (χ0n) is 11.0. The molecular formula is C13H22N4. The van der Waals surface area contributed by atoms with Crippen LogP contribution < -0.4 is 10.6 Å². The summed E-state index contributed by atoms with van der Waals surface area (Å²) in [6.07, 6.45) is 4.06. The van der Waals surface area contributed by atoms with Gasteiger partial charge >= 0.3 is 0 Å². The van der Waals surface area contributed by atoms with Gasteiger partial charge < -0.3 is 10.6 Å². The molecule has 1 saturated carbocycles. The van der Waals surface area contributed by atoms with Gasteiger partial charge in [0.15, 0.2) is 0 Å². The predicted octanol–water partition coefficient (Wildman–Crippen LogP) is 2.67. The van der Waals surface area contributed by atoms with E-state index in [1.165, 1.54) is 19.3 Å². The molecule has 1 aliphatic carbocycles. The molecule has 17 heavy (non-hydrogen) atoms. The molecule has 0 saturated heterocycles. The molecule has 4 heteroatoms. The standard InChI is InChI=1S/C13H22N4/c1-9-4-5-11(6-9)8-15-12-7-10(2)16-13(14-3)17-12/h7,9,11H,4-6,8H2,1-3H3,(H2,14,15,16,17). The van der Waals surface area contributed by atoms with E-state index in [0.29, 0.717) is 5.95 Å². The van der Waals surface area contributed by atoms with Crippen molar-refractivity contribution in [2.75, 3.05) is 24.2 Å². The highest BCUT2D eigenvalue weighted by Gasteiger charge is 2.20. The summed E-state index contributed by atoms with van der Waals surface area (Å²) in [5.41, 5.74) is 0.992. The fourth-order valence-corrected chi connectivity index (χ4v) is 2.53. The molecule has 0 aliphatic heterocycles. The Kier molecular flexibility index (Phi) is 3.82. The minimum atomic E-state index is 0.687. The van der Waals surface area contributed by atoms with E-state index in [1.807, 2.05) is 20.0 Å². The van der Waals surface area contributed by atoms with Crippen LogP contribution in [0.2, 0.25) is 0 Å². The van der Waals surface area contributed by atoms with Gasteiger partial charge in [-0.3, -0.25) is 0 Å². The number of hydrogen-bond acceptors (Lipinski definition) is 4. The average molecular weight is 234 g/mol. The Balaban J connectivity index is 1.92. The largest absolute Gasteiger partial charge is 0.370 e. The molecule has 2 unspecified atom stereocenters. The maximum absolute atomic E-state index is 4.40. The van der Waals surface area contributed by atoms with Crippen LogP contribution in [-0.4, -0.2) is 23.6 Å². The number of anilines is 2. The molecule has 0 radical (unpaired) electrons. The van der Waals surface area contributed by atoms with Crippen molar-refractivity contribution in [3.63, 3.8) is 0 Å². The van der Waals surface area contributed by atoms with Crippen molar-refractivity contribution in [1.82, 2.24) is 9.97 Å². The Morgan fingerprint density at radius 1 is 1.35 bits per heavy atom. The lowest BCUT2D eigenvalue weighted by Crippen LogP contribution is -2.13. The van der Waals surface area contributed by atoms with Crippen LogP contribution in [0.3, 0.4) is 0 Å². The van der Waals surface area contributed by atoms with E-state index in [2.05, 4.69) is 27.5 Å². The zero-order chi connectivity index (χ0) is 12.3. The van der Waals surface area contributed by atoms with Crippen LogP contribution in [0, 0.1) is 18.8 Å². The smallest absolute Gasteiger partial charge is 0.224 e. The summed E-state index contributed by atoms with van der Waals surface area (Å²) in [5.74, 6) is 3.31. The molecule has 1 aromatic rings. The van der Waals surface area contributed by atoms with Crippen LogP contribution in [0.4, 0.5) is 11.8 Å². The molecule has 0 bridgehead atoms. The molecule has 2 atom stereocenters. The normalized spacial score (nSPS) is 23.7. The van der Waals surface area contributed by atoms with Crippen molar-refractivity contribution in [3.05, 3.63) is 11.8 Å². The summed E-state index contributed by atoms with van der Waals surface area (Å²) in [7, 11) is 1.84. The molecule has 0 amide bonds. The van der Waals surface area contributed by atoms with Crippen LogP contribution in [0.15, 0.2) is 6.07 Å². The van der Waals surface area contributed by atoms with Crippen LogP contribution >= 0.6 is 0 Å². The van der Waals surface area contributed by atoms with Gasteiger partial charge in [-0.25, -0.2) is 4.98 Å². The van der Waals surface area contributed by atoms with Crippen LogP contribution in [0.5, 0.6) is 0 Å². The molecule has 0 aromatic carbocycles. The molecule has 1 fully saturated rings. The topological polar surface area (TPSA) is 49.8 Å². The number of aromatic nitrogens is 2.